The summed E-state index contributed by atoms with van der Waals surface area (Å²) in [6.45, 7) is 2.91. The van der Waals surface area contributed by atoms with E-state index in [4.69, 9.17) is 5.26 Å². The van der Waals surface area contributed by atoms with E-state index in [1.165, 1.54) is 5.56 Å². The highest BCUT2D eigenvalue weighted by Gasteiger charge is 2.06. The van der Waals surface area contributed by atoms with E-state index in [9.17, 15) is 0 Å². The summed E-state index contributed by atoms with van der Waals surface area (Å²) in [5.41, 5.74) is 3.10. The van der Waals surface area contributed by atoms with Gasteiger partial charge in [0.25, 0.3) is 0 Å². The average molecular weight is 239 g/mol. The number of nitriles is 1. The highest BCUT2D eigenvalue weighted by atomic mass is 14.9. The number of aromatic nitrogens is 1. The summed E-state index contributed by atoms with van der Waals surface area (Å²) in [5, 5.41) is 12.4. The second kappa shape index (κ2) is 5.52. The van der Waals surface area contributed by atoms with Crippen LogP contribution in [0.25, 0.3) is 0 Å². The maximum atomic E-state index is 8.90. The minimum Gasteiger partial charge on any atom is -0.342 e. The first-order valence-electron chi connectivity index (χ1n) is 6.04. The molecule has 0 saturated carbocycles. The molecule has 1 heterocycles. The number of nitrogens with zero attached hydrogens (tertiary/aromatic N) is 2. The Balaban J connectivity index is 1.97. The SMILES string of the molecule is CC(NCc1cc(C#N)n(C)c1)c1ccccc1. The maximum Gasteiger partial charge on any atom is 0.120 e. The summed E-state index contributed by atoms with van der Waals surface area (Å²) in [4.78, 5) is 0. The third kappa shape index (κ3) is 2.79. The van der Waals surface area contributed by atoms with E-state index < -0.39 is 0 Å². The van der Waals surface area contributed by atoms with Crippen LogP contribution in [0.15, 0.2) is 42.6 Å². The Bertz CT molecular complexity index is 549. The first kappa shape index (κ1) is 12.4. The Morgan fingerprint density at radius 2 is 2.06 bits per heavy atom. The molecule has 0 saturated heterocycles. The predicted octanol–water partition coefficient (Wildman–Crippen LogP) is 2.75. The molecule has 0 spiro atoms. The molecule has 1 unspecified atom stereocenters. The number of hydrogen-bond donors (Lipinski definition) is 1. The number of hydrogen-bond acceptors (Lipinski definition) is 2. The van der Waals surface area contributed by atoms with E-state index in [0.717, 1.165) is 12.1 Å². The van der Waals surface area contributed by atoms with Crippen LogP contribution in [0.1, 0.15) is 29.8 Å². The van der Waals surface area contributed by atoms with Gasteiger partial charge in [0.2, 0.25) is 0 Å². The molecule has 0 aliphatic carbocycles. The van der Waals surface area contributed by atoms with Crippen LogP contribution in [0.5, 0.6) is 0 Å². The van der Waals surface area contributed by atoms with E-state index in [2.05, 4.69) is 30.4 Å². The van der Waals surface area contributed by atoms with Crippen molar-refractivity contribution in [1.82, 2.24) is 9.88 Å². The number of aryl methyl sites for hydroxylation is 1. The molecule has 2 aromatic rings. The standard InChI is InChI=1S/C15H17N3/c1-12(14-6-4-3-5-7-14)17-10-13-8-15(9-16)18(2)11-13/h3-8,11-12,17H,10H2,1-2H3. The van der Waals surface area contributed by atoms with E-state index in [1.54, 1.807) is 0 Å². The van der Waals surface area contributed by atoms with E-state index in [0.29, 0.717) is 11.7 Å². The van der Waals surface area contributed by atoms with Gasteiger partial charge in [0.15, 0.2) is 0 Å². The van der Waals surface area contributed by atoms with Gasteiger partial charge in [0.05, 0.1) is 0 Å². The van der Waals surface area contributed by atoms with Gasteiger partial charge in [-0.3, -0.25) is 0 Å². The van der Waals surface area contributed by atoms with Crippen molar-refractivity contribution < 1.29 is 0 Å². The highest BCUT2D eigenvalue weighted by molar-refractivity contribution is 5.28. The Labute approximate surface area is 108 Å². The van der Waals surface area contributed by atoms with Crippen molar-refractivity contribution in [2.45, 2.75) is 19.5 Å². The Morgan fingerprint density at radius 3 is 2.67 bits per heavy atom. The maximum absolute atomic E-state index is 8.90. The van der Waals surface area contributed by atoms with Crippen molar-refractivity contribution in [2.75, 3.05) is 0 Å². The molecule has 1 aromatic heterocycles. The largest absolute Gasteiger partial charge is 0.342 e. The minimum atomic E-state index is 0.303. The molecule has 0 aliphatic heterocycles. The monoisotopic (exact) mass is 239 g/mol. The Morgan fingerprint density at radius 1 is 1.33 bits per heavy atom. The van der Waals surface area contributed by atoms with Gasteiger partial charge in [0, 0.05) is 25.8 Å². The molecule has 0 amide bonds. The summed E-state index contributed by atoms with van der Waals surface area (Å²) < 4.78 is 1.85. The first-order valence-corrected chi connectivity index (χ1v) is 6.04. The molecule has 1 aromatic carbocycles. The third-order valence-electron chi connectivity index (χ3n) is 3.09. The first-order chi connectivity index (χ1) is 8.70. The van der Waals surface area contributed by atoms with Crippen molar-refractivity contribution in [1.29, 1.82) is 5.26 Å². The molecule has 0 bridgehead atoms. The van der Waals surface area contributed by atoms with Gasteiger partial charge in [-0.2, -0.15) is 5.26 Å². The smallest absolute Gasteiger partial charge is 0.120 e. The lowest BCUT2D eigenvalue weighted by Crippen LogP contribution is -2.17. The van der Waals surface area contributed by atoms with Gasteiger partial charge < -0.3 is 9.88 Å². The summed E-state index contributed by atoms with van der Waals surface area (Å²) >= 11 is 0. The zero-order valence-corrected chi connectivity index (χ0v) is 10.7. The average Bonchev–Trinajstić information content (AvgIpc) is 2.77. The normalized spacial score (nSPS) is 12.1. The van der Waals surface area contributed by atoms with E-state index in [-0.39, 0.29) is 0 Å². The molecule has 2 rings (SSSR count). The van der Waals surface area contributed by atoms with Gasteiger partial charge in [-0.25, -0.2) is 0 Å². The Kier molecular flexibility index (Phi) is 3.81. The lowest BCUT2D eigenvalue weighted by Gasteiger charge is -2.13. The molecule has 0 radical (unpaired) electrons. The molecule has 92 valence electrons. The van der Waals surface area contributed by atoms with Crippen molar-refractivity contribution in [3.05, 3.63) is 59.4 Å². The molecule has 1 atom stereocenters. The second-order valence-electron chi connectivity index (χ2n) is 4.47. The fourth-order valence-corrected chi connectivity index (χ4v) is 1.97. The topological polar surface area (TPSA) is 40.8 Å². The Hall–Kier alpha value is -2.05. The van der Waals surface area contributed by atoms with Crippen LogP contribution in [-0.2, 0) is 13.6 Å². The van der Waals surface area contributed by atoms with Crippen LogP contribution in [0.3, 0.4) is 0 Å². The number of rotatable bonds is 4. The van der Waals surface area contributed by atoms with Crippen molar-refractivity contribution >= 4 is 0 Å². The summed E-state index contributed by atoms with van der Waals surface area (Å²) in [6, 6.07) is 14.7. The third-order valence-corrected chi connectivity index (χ3v) is 3.09. The van der Waals surface area contributed by atoms with Gasteiger partial charge >= 0.3 is 0 Å². The minimum absolute atomic E-state index is 0.303. The predicted molar refractivity (Wildman–Crippen MR) is 71.8 cm³/mol. The number of benzene rings is 1. The molecule has 0 fully saturated rings. The van der Waals surface area contributed by atoms with Gasteiger partial charge in [-0.05, 0) is 24.1 Å². The van der Waals surface area contributed by atoms with Crippen molar-refractivity contribution in [3.63, 3.8) is 0 Å². The van der Waals surface area contributed by atoms with Crippen LogP contribution in [0.2, 0.25) is 0 Å². The van der Waals surface area contributed by atoms with E-state index in [1.807, 2.05) is 42.1 Å². The zero-order valence-electron chi connectivity index (χ0n) is 10.7. The summed E-state index contributed by atoms with van der Waals surface area (Å²) in [6.07, 6.45) is 1.99. The van der Waals surface area contributed by atoms with Crippen molar-refractivity contribution in [2.24, 2.45) is 7.05 Å². The summed E-state index contributed by atoms with van der Waals surface area (Å²) in [5.74, 6) is 0. The summed E-state index contributed by atoms with van der Waals surface area (Å²) in [7, 11) is 1.89. The molecule has 3 heteroatoms. The fraction of sp³-hybridized carbons (Fsp3) is 0.267. The van der Waals surface area contributed by atoms with Crippen LogP contribution >= 0.6 is 0 Å². The highest BCUT2D eigenvalue weighted by Crippen LogP contribution is 2.13. The van der Waals surface area contributed by atoms with Crippen LogP contribution in [-0.4, -0.2) is 4.57 Å². The van der Waals surface area contributed by atoms with Crippen LogP contribution in [0.4, 0.5) is 0 Å². The van der Waals surface area contributed by atoms with Gasteiger partial charge in [0.1, 0.15) is 11.8 Å². The van der Waals surface area contributed by atoms with Crippen LogP contribution < -0.4 is 5.32 Å². The second-order valence-corrected chi connectivity index (χ2v) is 4.47. The molecule has 18 heavy (non-hydrogen) atoms. The molecule has 1 N–H and O–H groups in total. The molecular formula is C15H17N3. The lowest BCUT2D eigenvalue weighted by atomic mass is 10.1. The van der Waals surface area contributed by atoms with Crippen LogP contribution in [0, 0.1) is 11.3 Å². The molecular weight excluding hydrogens is 222 g/mol. The van der Waals surface area contributed by atoms with Crippen molar-refractivity contribution in [3.8, 4) is 6.07 Å². The molecule has 3 nitrogen and oxygen atoms in total. The zero-order chi connectivity index (χ0) is 13.0. The number of nitrogens with one attached hydrogen (secondary N) is 1. The van der Waals surface area contributed by atoms with Gasteiger partial charge in [-0.1, -0.05) is 30.3 Å². The lowest BCUT2D eigenvalue weighted by molar-refractivity contribution is 0.574. The van der Waals surface area contributed by atoms with E-state index >= 15 is 0 Å². The fourth-order valence-electron chi connectivity index (χ4n) is 1.97. The molecule has 0 aliphatic rings. The van der Waals surface area contributed by atoms with Gasteiger partial charge in [-0.15, -0.1) is 0 Å². The quantitative estimate of drug-likeness (QED) is 0.891.